The predicted octanol–water partition coefficient (Wildman–Crippen LogP) is 5.17. The zero-order chi connectivity index (χ0) is 25.3. The average Bonchev–Trinajstić information content (AvgIpc) is 2.98. The molecule has 2 heterocycles. The van der Waals surface area contributed by atoms with Crippen molar-refractivity contribution >= 4 is 56.5 Å². The standard InChI is InChI=1S/C25H19Cl2N5O3S/c26-17-3-1-15(2-4-17)13-29-36(34,35)20-8-6-19(7-9-20)30-25-28-14-16-11-23(33)31-22-12-18(27)5-10-21(22)24(16)32-25/h1-10,12,14,29H,11,13H2,(H,31,33)(H,28,30,32). The highest BCUT2D eigenvalue weighted by Crippen LogP contribution is 2.35. The van der Waals surface area contributed by atoms with Crippen molar-refractivity contribution in [2.24, 2.45) is 0 Å². The van der Waals surface area contributed by atoms with Crippen LogP contribution >= 0.6 is 23.2 Å². The van der Waals surface area contributed by atoms with Crippen LogP contribution in [0, 0.1) is 0 Å². The van der Waals surface area contributed by atoms with Gasteiger partial charge in [0.2, 0.25) is 21.9 Å². The first kappa shape index (κ1) is 24.2. The minimum absolute atomic E-state index is 0.125. The van der Waals surface area contributed by atoms with Crippen LogP contribution in [0.15, 0.2) is 77.8 Å². The van der Waals surface area contributed by atoms with E-state index in [0.717, 1.165) is 11.1 Å². The molecule has 0 saturated heterocycles. The molecule has 11 heteroatoms. The monoisotopic (exact) mass is 539 g/mol. The van der Waals surface area contributed by atoms with Gasteiger partial charge in [0.25, 0.3) is 0 Å². The number of amides is 1. The molecule has 3 aromatic carbocycles. The molecule has 0 saturated carbocycles. The molecule has 0 radical (unpaired) electrons. The van der Waals surface area contributed by atoms with Gasteiger partial charge in [-0.2, -0.15) is 0 Å². The summed E-state index contributed by atoms with van der Waals surface area (Å²) in [5.41, 5.74) is 4.01. The highest BCUT2D eigenvalue weighted by Gasteiger charge is 2.21. The lowest BCUT2D eigenvalue weighted by Gasteiger charge is -2.11. The summed E-state index contributed by atoms with van der Waals surface area (Å²) in [7, 11) is -3.71. The summed E-state index contributed by atoms with van der Waals surface area (Å²) in [6.07, 6.45) is 1.74. The molecule has 8 nitrogen and oxygen atoms in total. The summed E-state index contributed by atoms with van der Waals surface area (Å²) in [6, 6.07) is 18.4. The van der Waals surface area contributed by atoms with Gasteiger partial charge >= 0.3 is 0 Å². The first-order chi connectivity index (χ1) is 17.3. The van der Waals surface area contributed by atoms with E-state index in [4.69, 9.17) is 23.2 Å². The van der Waals surface area contributed by atoms with Gasteiger partial charge in [-0.15, -0.1) is 0 Å². The SMILES string of the molecule is O=C1Cc2cnc(Nc3ccc(S(=O)(=O)NCc4ccc(Cl)cc4)cc3)nc2-c2ccc(Cl)cc2N1. The third-order valence-corrected chi connectivity index (χ3v) is 7.43. The van der Waals surface area contributed by atoms with E-state index in [0.29, 0.717) is 38.6 Å². The van der Waals surface area contributed by atoms with Crippen molar-refractivity contribution < 1.29 is 13.2 Å². The van der Waals surface area contributed by atoms with Crippen molar-refractivity contribution in [3.8, 4) is 11.3 Å². The maximum atomic E-state index is 12.7. The van der Waals surface area contributed by atoms with Crippen LogP contribution in [0.4, 0.5) is 17.3 Å². The van der Waals surface area contributed by atoms with Crippen molar-refractivity contribution in [1.82, 2.24) is 14.7 Å². The smallest absolute Gasteiger partial charge is 0.240 e. The number of fused-ring (bicyclic) bond motifs is 3. The second-order valence-corrected chi connectivity index (χ2v) is 10.7. The molecule has 0 bridgehead atoms. The summed E-state index contributed by atoms with van der Waals surface area (Å²) in [5, 5.41) is 7.02. The molecule has 1 aromatic heterocycles. The zero-order valence-electron chi connectivity index (χ0n) is 18.6. The van der Waals surface area contributed by atoms with Gasteiger partial charge in [0, 0.05) is 39.6 Å². The van der Waals surface area contributed by atoms with Crippen molar-refractivity contribution in [1.29, 1.82) is 0 Å². The molecular formula is C25H19Cl2N5O3S. The molecular weight excluding hydrogens is 521 g/mol. The lowest BCUT2D eigenvalue weighted by molar-refractivity contribution is -0.115. The summed E-state index contributed by atoms with van der Waals surface area (Å²) in [5.74, 6) is 0.128. The number of sulfonamides is 1. The highest BCUT2D eigenvalue weighted by molar-refractivity contribution is 7.89. The van der Waals surface area contributed by atoms with Crippen LogP contribution in [-0.4, -0.2) is 24.3 Å². The Hall–Kier alpha value is -3.50. The Bertz CT molecular complexity index is 1560. The molecule has 0 aliphatic carbocycles. The van der Waals surface area contributed by atoms with Crippen molar-refractivity contribution in [2.45, 2.75) is 17.9 Å². The van der Waals surface area contributed by atoms with Gasteiger partial charge in [-0.1, -0.05) is 35.3 Å². The largest absolute Gasteiger partial charge is 0.325 e. The van der Waals surface area contributed by atoms with Gasteiger partial charge in [-0.3, -0.25) is 4.79 Å². The molecule has 4 aromatic rings. The Morgan fingerprint density at radius 2 is 1.67 bits per heavy atom. The lowest BCUT2D eigenvalue weighted by atomic mass is 10.1. The maximum absolute atomic E-state index is 12.7. The number of anilines is 3. The molecule has 0 unspecified atom stereocenters. The number of carbonyl (C=O) groups excluding carboxylic acids is 1. The van der Waals surface area contributed by atoms with Gasteiger partial charge in [0.05, 0.1) is 22.7 Å². The molecule has 1 aliphatic heterocycles. The quantitative estimate of drug-likeness (QED) is 0.311. The van der Waals surface area contributed by atoms with Gasteiger partial charge in [0.15, 0.2) is 0 Å². The number of carbonyl (C=O) groups is 1. The molecule has 0 fully saturated rings. The summed E-state index contributed by atoms with van der Waals surface area (Å²) in [4.78, 5) is 21.3. The number of halogens is 2. The molecule has 5 rings (SSSR count). The highest BCUT2D eigenvalue weighted by atomic mass is 35.5. The van der Waals surface area contributed by atoms with Crippen molar-refractivity contribution in [2.75, 3.05) is 10.6 Å². The van der Waals surface area contributed by atoms with Crippen LogP contribution in [0.25, 0.3) is 11.3 Å². The van der Waals surface area contributed by atoms with Crippen LogP contribution in [0.1, 0.15) is 11.1 Å². The van der Waals surface area contributed by atoms with Gasteiger partial charge in [-0.25, -0.2) is 23.1 Å². The first-order valence-corrected chi connectivity index (χ1v) is 13.1. The summed E-state index contributed by atoms with van der Waals surface area (Å²) >= 11 is 12.0. The fourth-order valence-corrected chi connectivity index (χ4v) is 5.05. The van der Waals surface area contributed by atoms with Crippen molar-refractivity contribution in [3.05, 3.63) is 94.1 Å². The number of benzene rings is 3. The number of hydrogen-bond donors (Lipinski definition) is 3. The van der Waals surface area contributed by atoms with Crippen LogP contribution in [0.3, 0.4) is 0 Å². The number of aromatic nitrogens is 2. The fraction of sp³-hybridized carbons (Fsp3) is 0.0800. The van der Waals surface area contributed by atoms with Gasteiger partial charge < -0.3 is 10.6 Å². The zero-order valence-corrected chi connectivity index (χ0v) is 21.0. The second-order valence-electron chi connectivity index (χ2n) is 8.08. The molecule has 36 heavy (non-hydrogen) atoms. The minimum atomic E-state index is -3.71. The average molecular weight is 540 g/mol. The van der Waals surface area contributed by atoms with E-state index in [2.05, 4.69) is 25.3 Å². The van der Waals surface area contributed by atoms with E-state index in [1.54, 1.807) is 60.8 Å². The minimum Gasteiger partial charge on any atom is -0.325 e. The van der Waals surface area contributed by atoms with E-state index < -0.39 is 10.0 Å². The van der Waals surface area contributed by atoms with Crippen LogP contribution in [0.5, 0.6) is 0 Å². The third kappa shape index (κ3) is 5.34. The number of nitrogens with zero attached hydrogens (tertiary/aromatic N) is 2. The molecule has 1 amide bonds. The maximum Gasteiger partial charge on any atom is 0.240 e. The number of rotatable bonds is 6. The number of nitrogens with one attached hydrogen (secondary N) is 3. The molecule has 0 atom stereocenters. The Morgan fingerprint density at radius 1 is 0.944 bits per heavy atom. The van der Waals surface area contributed by atoms with Gasteiger partial charge in [-0.05, 0) is 60.2 Å². The van der Waals surface area contributed by atoms with Crippen LogP contribution < -0.4 is 15.4 Å². The van der Waals surface area contributed by atoms with E-state index in [1.807, 2.05) is 0 Å². The van der Waals surface area contributed by atoms with Crippen LogP contribution in [0.2, 0.25) is 10.0 Å². The summed E-state index contributed by atoms with van der Waals surface area (Å²) in [6.45, 7) is 0.145. The Morgan fingerprint density at radius 3 is 2.42 bits per heavy atom. The van der Waals surface area contributed by atoms with Crippen LogP contribution in [-0.2, 0) is 27.8 Å². The Balaban J connectivity index is 1.34. The Kier molecular flexibility index (Phi) is 6.63. The predicted molar refractivity (Wildman–Crippen MR) is 140 cm³/mol. The molecule has 182 valence electrons. The lowest BCUT2D eigenvalue weighted by Crippen LogP contribution is -2.23. The fourth-order valence-electron chi connectivity index (χ4n) is 3.73. The van der Waals surface area contributed by atoms with E-state index in [9.17, 15) is 13.2 Å². The second kappa shape index (κ2) is 9.87. The van der Waals surface area contributed by atoms with Gasteiger partial charge in [0.1, 0.15) is 0 Å². The van der Waals surface area contributed by atoms with Crippen molar-refractivity contribution in [3.63, 3.8) is 0 Å². The Labute approximate surface area is 217 Å². The third-order valence-electron chi connectivity index (χ3n) is 5.53. The molecule has 3 N–H and O–H groups in total. The molecule has 1 aliphatic rings. The van der Waals surface area contributed by atoms with E-state index in [-0.39, 0.29) is 23.8 Å². The topological polar surface area (TPSA) is 113 Å². The van der Waals surface area contributed by atoms with E-state index in [1.165, 1.54) is 12.1 Å². The first-order valence-electron chi connectivity index (χ1n) is 10.8. The normalized spacial score (nSPS) is 12.8. The van der Waals surface area contributed by atoms with E-state index >= 15 is 0 Å². The summed E-state index contributed by atoms with van der Waals surface area (Å²) < 4.78 is 27.9. The molecule has 0 spiro atoms. The number of hydrogen-bond acceptors (Lipinski definition) is 6.